The minimum atomic E-state index is 0. The Labute approximate surface area is 190 Å². The first-order valence-corrected chi connectivity index (χ1v) is 10.4. The Kier molecular flexibility index (Phi) is 8.91. The third-order valence-corrected chi connectivity index (χ3v) is 5.37. The summed E-state index contributed by atoms with van der Waals surface area (Å²) in [4.78, 5) is 9.00. The van der Waals surface area contributed by atoms with E-state index >= 15 is 0 Å². The molecule has 1 unspecified atom stereocenters. The third-order valence-electron chi connectivity index (χ3n) is 5.37. The quantitative estimate of drug-likeness (QED) is 0.333. The van der Waals surface area contributed by atoms with E-state index in [9.17, 15) is 0 Å². The van der Waals surface area contributed by atoms with Crippen LogP contribution in [0.2, 0.25) is 0 Å². The van der Waals surface area contributed by atoms with E-state index in [4.69, 9.17) is 4.52 Å². The summed E-state index contributed by atoms with van der Waals surface area (Å²) in [5, 5.41) is 15.7. The van der Waals surface area contributed by atoms with Crippen molar-refractivity contribution in [1.29, 1.82) is 0 Å². The predicted octanol–water partition coefficient (Wildman–Crippen LogP) is 3.59. The van der Waals surface area contributed by atoms with Gasteiger partial charge in [0.05, 0.1) is 18.8 Å². The number of aromatic nitrogens is 4. The van der Waals surface area contributed by atoms with Crippen molar-refractivity contribution in [2.24, 2.45) is 4.99 Å². The van der Waals surface area contributed by atoms with Gasteiger partial charge in [-0.3, -0.25) is 4.99 Å². The highest BCUT2D eigenvalue weighted by Crippen LogP contribution is 2.22. The van der Waals surface area contributed by atoms with E-state index in [1.54, 1.807) is 7.05 Å². The molecule has 0 amide bonds. The number of aryl methyl sites for hydroxylation is 1. The van der Waals surface area contributed by atoms with Crippen LogP contribution in [0.4, 0.5) is 0 Å². The van der Waals surface area contributed by atoms with E-state index in [1.165, 1.54) is 0 Å². The highest BCUT2D eigenvalue weighted by molar-refractivity contribution is 14.0. The molecule has 0 radical (unpaired) electrons. The average molecular weight is 515 g/mol. The summed E-state index contributed by atoms with van der Waals surface area (Å²) in [7, 11) is 1.78. The Balaban J connectivity index is 0.00000300. The zero-order valence-corrected chi connectivity index (χ0v) is 20.4. The van der Waals surface area contributed by atoms with Gasteiger partial charge in [0.1, 0.15) is 5.82 Å². The highest BCUT2D eigenvalue weighted by Gasteiger charge is 2.23. The van der Waals surface area contributed by atoms with Gasteiger partial charge in [-0.15, -0.1) is 24.0 Å². The molecule has 0 aliphatic carbocycles. The number of fused-ring (bicyclic) bond motifs is 1. The molecule has 29 heavy (non-hydrogen) atoms. The highest BCUT2D eigenvalue weighted by atomic mass is 127. The fourth-order valence-corrected chi connectivity index (χ4v) is 3.56. The number of guanidine groups is 1. The SMILES string of the molecule is CCC(CC)c1cc(CNC(=NC)NC2CCc3nc(C(C)C)nn3C2)on1.I. The lowest BCUT2D eigenvalue weighted by atomic mass is 9.99. The van der Waals surface area contributed by atoms with Crippen LogP contribution in [0.5, 0.6) is 0 Å². The third kappa shape index (κ3) is 5.93. The lowest BCUT2D eigenvalue weighted by Gasteiger charge is -2.25. The molecular formula is C20H34IN7O. The predicted molar refractivity (Wildman–Crippen MR) is 125 cm³/mol. The zero-order valence-electron chi connectivity index (χ0n) is 18.1. The lowest BCUT2D eigenvalue weighted by Crippen LogP contribution is -2.46. The van der Waals surface area contributed by atoms with E-state index < -0.39 is 0 Å². The smallest absolute Gasteiger partial charge is 0.191 e. The normalized spacial score (nSPS) is 16.7. The molecule has 1 aliphatic rings. The maximum absolute atomic E-state index is 5.49. The Morgan fingerprint density at radius 2 is 2.10 bits per heavy atom. The molecule has 0 saturated carbocycles. The minimum Gasteiger partial charge on any atom is -0.359 e. The topological polar surface area (TPSA) is 93.2 Å². The van der Waals surface area contributed by atoms with Crippen LogP contribution in [-0.4, -0.2) is 39.0 Å². The molecule has 0 spiro atoms. The molecule has 2 N–H and O–H groups in total. The first-order chi connectivity index (χ1) is 13.5. The standard InChI is InChI=1S/C20H33N7O.HI/c1-6-14(7-2)17-10-16(28-26-17)11-22-20(21-5)23-15-8-9-18-24-19(13(3)4)25-27(18)12-15;/h10,13-15H,6-9,11-12H2,1-5H3,(H2,21,22,23);1H. The van der Waals surface area contributed by atoms with Crippen molar-refractivity contribution in [1.82, 2.24) is 30.6 Å². The van der Waals surface area contributed by atoms with Crippen LogP contribution < -0.4 is 10.6 Å². The van der Waals surface area contributed by atoms with Gasteiger partial charge < -0.3 is 15.2 Å². The second-order valence-electron chi connectivity index (χ2n) is 7.76. The first kappa shape index (κ1) is 23.6. The van der Waals surface area contributed by atoms with Crippen LogP contribution in [-0.2, 0) is 19.5 Å². The van der Waals surface area contributed by atoms with Crippen LogP contribution in [0.15, 0.2) is 15.6 Å². The maximum atomic E-state index is 5.49. The summed E-state index contributed by atoms with van der Waals surface area (Å²) < 4.78 is 7.52. The summed E-state index contributed by atoms with van der Waals surface area (Å²) >= 11 is 0. The van der Waals surface area contributed by atoms with Crippen molar-refractivity contribution in [3.8, 4) is 0 Å². The lowest BCUT2D eigenvalue weighted by molar-refractivity contribution is 0.365. The van der Waals surface area contributed by atoms with Crippen LogP contribution in [0.1, 0.15) is 81.9 Å². The number of rotatable bonds is 7. The van der Waals surface area contributed by atoms with Gasteiger partial charge in [0.2, 0.25) is 0 Å². The molecule has 1 aliphatic heterocycles. The monoisotopic (exact) mass is 515 g/mol. The number of halogens is 1. The number of nitrogens with one attached hydrogen (secondary N) is 2. The van der Waals surface area contributed by atoms with Gasteiger partial charge in [0.15, 0.2) is 17.5 Å². The largest absolute Gasteiger partial charge is 0.359 e. The fourth-order valence-electron chi connectivity index (χ4n) is 3.56. The molecule has 0 aromatic carbocycles. The summed E-state index contributed by atoms with van der Waals surface area (Å²) in [5.74, 6) is 4.42. The van der Waals surface area contributed by atoms with Crippen molar-refractivity contribution in [2.45, 2.75) is 84.3 Å². The Morgan fingerprint density at radius 1 is 1.34 bits per heavy atom. The Hall–Kier alpha value is -1.65. The van der Waals surface area contributed by atoms with E-state index in [1.807, 2.05) is 10.7 Å². The van der Waals surface area contributed by atoms with Crippen molar-refractivity contribution in [2.75, 3.05) is 7.05 Å². The van der Waals surface area contributed by atoms with Crippen molar-refractivity contribution >= 4 is 29.9 Å². The van der Waals surface area contributed by atoms with Gasteiger partial charge in [-0.1, -0.05) is 32.9 Å². The van der Waals surface area contributed by atoms with E-state index in [-0.39, 0.29) is 30.0 Å². The Morgan fingerprint density at radius 3 is 2.76 bits per heavy atom. The van der Waals surface area contributed by atoms with E-state index in [0.29, 0.717) is 18.4 Å². The number of nitrogens with zero attached hydrogens (tertiary/aromatic N) is 5. The second kappa shape index (κ2) is 10.9. The van der Waals surface area contributed by atoms with E-state index in [2.05, 4.69) is 58.6 Å². The maximum Gasteiger partial charge on any atom is 0.191 e. The van der Waals surface area contributed by atoms with Crippen molar-refractivity contribution < 1.29 is 4.52 Å². The molecule has 162 valence electrons. The fraction of sp³-hybridized carbons (Fsp3) is 0.700. The molecule has 0 fully saturated rings. The molecular weight excluding hydrogens is 481 g/mol. The van der Waals surface area contributed by atoms with Gasteiger partial charge in [0.25, 0.3) is 0 Å². The molecule has 2 aromatic heterocycles. The molecule has 3 heterocycles. The molecule has 8 nitrogen and oxygen atoms in total. The van der Waals surface area contributed by atoms with Crippen LogP contribution in [0.25, 0.3) is 0 Å². The average Bonchev–Trinajstić information content (AvgIpc) is 3.33. The van der Waals surface area contributed by atoms with Gasteiger partial charge in [-0.25, -0.2) is 9.67 Å². The molecule has 9 heteroatoms. The van der Waals surface area contributed by atoms with Gasteiger partial charge in [-0.05, 0) is 19.3 Å². The molecule has 1 atom stereocenters. The van der Waals surface area contributed by atoms with Gasteiger partial charge in [0, 0.05) is 37.4 Å². The summed E-state index contributed by atoms with van der Waals surface area (Å²) in [5.41, 5.74) is 1.04. The van der Waals surface area contributed by atoms with Gasteiger partial charge in [-0.2, -0.15) is 5.10 Å². The molecule has 2 aromatic rings. The van der Waals surface area contributed by atoms with Gasteiger partial charge >= 0.3 is 0 Å². The van der Waals surface area contributed by atoms with Crippen molar-refractivity contribution in [3.05, 3.63) is 29.2 Å². The summed E-state index contributed by atoms with van der Waals surface area (Å²) in [6.45, 7) is 9.98. The summed E-state index contributed by atoms with van der Waals surface area (Å²) in [6, 6.07) is 2.32. The van der Waals surface area contributed by atoms with Crippen LogP contribution >= 0.6 is 24.0 Å². The number of hydrogen-bond acceptors (Lipinski definition) is 5. The number of aliphatic imine (C=N–C) groups is 1. The van der Waals surface area contributed by atoms with Crippen molar-refractivity contribution in [3.63, 3.8) is 0 Å². The molecule has 0 saturated heterocycles. The summed E-state index contributed by atoms with van der Waals surface area (Å²) in [6.07, 6.45) is 4.08. The Bertz CT molecular complexity index is 795. The minimum absolute atomic E-state index is 0. The first-order valence-electron chi connectivity index (χ1n) is 10.4. The van der Waals surface area contributed by atoms with Crippen LogP contribution in [0, 0.1) is 0 Å². The molecule has 0 bridgehead atoms. The number of hydrogen-bond donors (Lipinski definition) is 2. The molecule has 3 rings (SSSR count). The zero-order chi connectivity index (χ0) is 20.1. The second-order valence-corrected chi connectivity index (χ2v) is 7.76. The van der Waals surface area contributed by atoms with Crippen LogP contribution in [0.3, 0.4) is 0 Å². The van der Waals surface area contributed by atoms with E-state index in [0.717, 1.165) is 61.3 Å².